The molecule has 0 spiro atoms. The highest BCUT2D eigenvalue weighted by atomic mass is 32.1. The summed E-state index contributed by atoms with van der Waals surface area (Å²) in [7, 11) is 0. The van der Waals surface area contributed by atoms with Gasteiger partial charge >= 0.3 is 0 Å². The molecule has 0 saturated heterocycles. The van der Waals surface area contributed by atoms with E-state index >= 15 is 0 Å². The Bertz CT molecular complexity index is 528. The van der Waals surface area contributed by atoms with Gasteiger partial charge in [0, 0.05) is 22.3 Å². The van der Waals surface area contributed by atoms with Crippen LogP contribution in [-0.4, -0.2) is 33.1 Å². The number of aryl methyl sites for hydroxylation is 2. The normalized spacial score (nSPS) is 14.2. The first-order valence-electron chi connectivity index (χ1n) is 6.45. The minimum Gasteiger partial charge on any atom is -0.473 e. The number of aliphatic hydroxyl groups is 1. The van der Waals surface area contributed by atoms with E-state index in [1.165, 1.54) is 15.3 Å². The maximum Gasteiger partial charge on any atom is 0.245 e. The largest absolute Gasteiger partial charge is 0.473 e. The second-order valence-corrected chi connectivity index (χ2v) is 6.73. The molecule has 2 atom stereocenters. The molecule has 0 aliphatic carbocycles. The van der Waals surface area contributed by atoms with E-state index in [0.717, 1.165) is 11.7 Å². The van der Waals surface area contributed by atoms with Crippen LogP contribution in [0.25, 0.3) is 0 Å². The highest BCUT2D eigenvalue weighted by Gasteiger charge is 2.13. The molecule has 20 heavy (non-hydrogen) atoms. The molecule has 0 fully saturated rings. The van der Waals surface area contributed by atoms with Crippen LogP contribution in [0.15, 0.2) is 12.3 Å². The van der Waals surface area contributed by atoms with E-state index in [1.54, 1.807) is 17.5 Å². The monoisotopic (exact) mass is 313 g/mol. The first-order valence-corrected chi connectivity index (χ1v) is 7.99. The maximum atomic E-state index is 9.89. The molecule has 2 aromatic rings. The summed E-state index contributed by atoms with van der Waals surface area (Å²) in [6.07, 6.45) is 0.976. The number of ether oxygens (including phenoxy) is 1. The maximum absolute atomic E-state index is 9.89. The van der Waals surface area contributed by atoms with Gasteiger partial charge in [0.1, 0.15) is 18.9 Å². The van der Waals surface area contributed by atoms with Crippen molar-refractivity contribution in [1.29, 1.82) is 0 Å². The number of aliphatic hydroxyl groups excluding tert-OH is 1. The van der Waals surface area contributed by atoms with E-state index in [2.05, 4.69) is 40.9 Å². The molecule has 0 saturated carbocycles. The zero-order valence-electron chi connectivity index (χ0n) is 11.8. The van der Waals surface area contributed by atoms with E-state index < -0.39 is 6.10 Å². The van der Waals surface area contributed by atoms with Crippen molar-refractivity contribution in [3.63, 3.8) is 0 Å². The van der Waals surface area contributed by atoms with Gasteiger partial charge in [-0.2, -0.15) is 4.37 Å². The molecule has 2 heterocycles. The Morgan fingerprint density at radius 1 is 1.45 bits per heavy atom. The predicted molar refractivity (Wildman–Crippen MR) is 81.6 cm³/mol. The molecule has 2 rings (SSSR count). The Morgan fingerprint density at radius 2 is 2.25 bits per heavy atom. The van der Waals surface area contributed by atoms with E-state index in [-0.39, 0.29) is 12.6 Å². The average Bonchev–Trinajstić information content (AvgIpc) is 3.03. The van der Waals surface area contributed by atoms with Gasteiger partial charge in [0.05, 0.1) is 11.7 Å². The molecular weight excluding hydrogens is 294 g/mol. The molecule has 0 aliphatic heterocycles. The van der Waals surface area contributed by atoms with Crippen molar-refractivity contribution < 1.29 is 9.84 Å². The van der Waals surface area contributed by atoms with E-state index in [1.807, 2.05) is 0 Å². The average molecular weight is 313 g/mol. The summed E-state index contributed by atoms with van der Waals surface area (Å²) in [5.41, 5.74) is 1.30. The van der Waals surface area contributed by atoms with Gasteiger partial charge in [-0.25, -0.2) is 0 Å². The van der Waals surface area contributed by atoms with Crippen LogP contribution in [0.1, 0.15) is 28.3 Å². The number of aromatic nitrogens is 2. The van der Waals surface area contributed by atoms with Crippen LogP contribution in [-0.2, 0) is 0 Å². The second kappa shape index (κ2) is 7.12. The lowest BCUT2D eigenvalue weighted by atomic mass is 10.1. The molecule has 110 valence electrons. The number of hydrogen-bond donors (Lipinski definition) is 2. The minimum atomic E-state index is -0.570. The van der Waals surface area contributed by atoms with Crippen LogP contribution in [0, 0.1) is 13.8 Å². The zero-order chi connectivity index (χ0) is 14.5. The van der Waals surface area contributed by atoms with Crippen molar-refractivity contribution in [2.45, 2.75) is 32.9 Å². The van der Waals surface area contributed by atoms with Crippen molar-refractivity contribution >= 4 is 23.1 Å². The summed E-state index contributed by atoms with van der Waals surface area (Å²) in [4.78, 5) is 2.63. The molecule has 5 nitrogen and oxygen atoms in total. The molecule has 0 amide bonds. The topological polar surface area (TPSA) is 67.3 Å². The smallest absolute Gasteiger partial charge is 0.245 e. The zero-order valence-corrected chi connectivity index (χ0v) is 13.4. The predicted octanol–water partition coefficient (Wildman–Crippen LogP) is 2.31. The Hall–Kier alpha value is -1.02. The highest BCUT2D eigenvalue weighted by Crippen LogP contribution is 2.25. The molecule has 0 aromatic carbocycles. The SMILES string of the molecule is Cc1cc(C(C)NCC(O)COc2cnsn2)c(C)s1. The van der Waals surface area contributed by atoms with Crippen LogP contribution in [0.4, 0.5) is 0 Å². The van der Waals surface area contributed by atoms with E-state index in [0.29, 0.717) is 12.4 Å². The number of nitrogens with one attached hydrogen (secondary N) is 1. The molecule has 0 bridgehead atoms. The summed E-state index contributed by atoms with van der Waals surface area (Å²) in [5.74, 6) is 0.464. The summed E-state index contributed by atoms with van der Waals surface area (Å²) >= 11 is 2.89. The van der Waals surface area contributed by atoms with Gasteiger partial charge in [-0.3, -0.25) is 0 Å². The number of rotatable bonds is 7. The van der Waals surface area contributed by atoms with Crippen molar-refractivity contribution in [3.05, 3.63) is 27.6 Å². The summed E-state index contributed by atoms with van der Waals surface area (Å²) < 4.78 is 13.1. The van der Waals surface area contributed by atoms with Crippen molar-refractivity contribution in [1.82, 2.24) is 14.1 Å². The lowest BCUT2D eigenvalue weighted by Gasteiger charge is -2.17. The van der Waals surface area contributed by atoms with Gasteiger partial charge in [-0.05, 0) is 32.4 Å². The third-order valence-corrected chi connectivity index (χ3v) is 4.41. The quantitative estimate of drug-likeness (QED) is 0.821. The van der Waals surface area contributed by atoms with Crippen molar-refractivity contribution in [3.8, 4) is 5.88 Å². The Labute approximate surface area is 127 Å². The van der Waals surface area contributed by atoms with Crippen molar-refractivity contribution in [2.24, 2.45) is 0 Å². The Morgan fingerprint density at radius 3 is 2.85 bits per heavy atom. The Kier molecular flexibility index (Phi) is 5.47. The highest BCUT2D eigenvalue weighted by molar-refractivity contribution is 7.12. The first kappa shape index (κ1) is 15.4. The fraction of sp³-hybridized carbons (Fsp3) is 0.538. The van der Waals surface area contributed by atoms with Gasteiger partial charge < -0.3 is 15.2 Å². The minimum absolute atomic E-state index is 0.215. The lowest BCUT2D eigenvalue weighted by molar-refractivity contribution is 0.102. The van der Waals surface area contributed by atoms with Crippen molar-refractivity contribution in [2.75, 3.05) is 13.2 Å². The summed E-state index contributed by atoms with van der Waals surface area (Å²) in [5, 5.41) is 13.2. The fourth-order valence-electron chi connectivity index (χ4n) is 1.96. The van der Waals surface area contributed by atoms with Gasteiger partial charge in [0.15, 0.2) is 0 Å². The molecule has 0 aliphatic rings. The first-order chi connectivity index (χ1) is 9.56. The summed E-state index contributed by atoms with van der Waals surface area (Å²) in [6.45, 7) is 7.03. The van der Waals surface area contributed by atoms with Gasteiger partial charge in [0.25, 0.3) is 0 Å². The summed E-state index contributed by atoms with van der Waals surface area (Å²) in [6, 6.07) is 2.41. The molecule has 2 aromatic heterocycles. The van der Waals surface area contributed by atoms with Crippen LogP contribution in [0.2, 0.25) is 0 Å². The number of nitrogens with zero attached hydrogens (tertiary/aromatic N) is 2. The molecule has 7 heteroatoms. The second-order valence-electron chi connectivity index (χ2n) is 4.71. The molecule has 0 radical (unpaired) electrons. The van der Waals surface area contributed by atoms with Gasteiger partial charge in [0.2, 0.25) is 5.88 Å². The van der Waals surface area contributed by atoms with Crippen LogP contribution < -0.4 is 10.1 Å². The molecule has 2 N–H and O–H groups in total. The third kappa shape index (κ3) is 4.24. The number of thiophene rings is 1. The van der Waals surface area contributed by atoms with E-state index in [4.69, 9.17) is 4.74 Å². The van der Waals surface area contributed by atoms with E-state index in [9.17, 15) is 5.11 Å². The van der Waals surface area contributed by atoms with Crippen LogP contribution >= 0.6 is 23.1 Å². The lowest BCUT2D eigenvalue weighted by Crippen LogP contribution is -2.33. The Balaban J connectivity index is 1.75. The van der Waals surface area contributed by atoms with Crippen LogP contribution in [0.5, 0.6) is 5.88 Å². The van der Waals surface area contributed by atoms with Gasteiger partial charge in [-0.1, -0.05) is 0 Å². The van der Waals surface area contributed by atoms with Gasteiger partial charge in [-0.15, -0.1) is 15.7 Å². The number of hydrogen-bond acceptors (Lipinski definition) is 7. The third-order valence-electron chi connectivity index (χ3n) is 2.97. The molecule has 2 unspecified atom stereocenters. The standard InChI is InChI=1S/C13H19N3O2S2/c1-8-4-12(10(3)19-8)9(2)14-5-11(17)7-18-13-6-15-20-16-13/h4,6,9,11,14,17H,5,7H2,1-3H3. The van der Waals surface area contributed by atoms with Crippen LogP contribution in [0.3, 0.4) is 0 Å². The fourth-order valence-corrected chi connectivity index (χ4v) is 3.35. The molecular formula is C13H19N3O2S2.